The Kier molecular flexibility index (Phi) is 2.48. The van der Waals surface area contributed by atoms with Crippen LogP contribution in [0.25, 0.3) is 5.76 Å². The molecule has 0 bridgehead atoms. The molecule has 0 atom stereocenters. The molecule has 0 saturated carbocycles. The fourth-order valence-corrected chi connectivity index (χ4v) is 1.01. The smallest absolute Gasteiger partial charge is 0.134 e. The van der Waals surface area contributed by atoms with Gasteiger partial charge in [-0.2, -0.15) is 0 Å². The van der Waals surface area contributed by atoms with Crippen molar-refractivity contribution in [2.24, 2.45) is 0 Å². The molecule has 0 amide bonds. The Hall–Kier alpha value is -1.31. The van der Waals surface area contributed by atoms with Gasteiger partial charge in [0.15, 0.2) is 0 Å². The summed E-state index contributed by atoms with van der Waals surface area (Å²) in [7, 11) is 0. The SMILES string of the molecule is C=C(O)c1cc(CC)ccc1F. The number of aliphatic hydroxyl groups is 1. The molecule has 0 heterocycles. The number of aryl methyl sites for hydroxylation is 1. The highest BCUT2D eigenvalue weighted by Gasteiger charge is 2.04. The van der Waals surface area contributed by atoms with Crippen LogP contribution in [0.2, 0.25) is 0 Å². The fraction of sp³-hybridized carbons (Fsp3) is 0.200. The van der Waals surface area contributed by atoms with E-state index in [0.717, 1.165) is 12.0 Å². The number of benzene rings is 1. The van der Waals surface area contributed by atoms with Crippen LogP contribution in [0.3, 0.4) is 0 Å². The van der Waals surface area contributed by atoms with E-state index >= 15 is 0 Å². The van der Waals surface area contributed by atoms with E-state index in [1.165, 1.54) is 6.07 Å². The lowest BCUT2D eigenvalue weighted by molar-refractivity contribution is 0.504. The Bertz CT molecular complexity index is 305. The third-order valence-corrected chi connectivity index (χ3v) is 1.75. The third-order valence-electron chi connectivity index (χ3n) is 1.75. The van der Waals surface area contributed by atoms with Gasteiger partial charge in [0.25, 0.3) is 0 Å². The summed E-state index contributed by atoms with van der Waals surface area (Å²) >= 11 is 0. The van der Waals surface area contributed by atoms with Gasteiger partial charge in [-0.15, -0.1) is 0 Å². The molecule has 2 heteroatoms. The monoisotopic (exact) mass is 166 g/mol. The predicted octanol–water partition coefficient (Wildman–Crippen LogP) is 2.92. The second-order valence-electron chi connectivity index (χ2n) is 2.61. The molecule has 0 spiro atoms. The van der Waals surface area contributed by atoms with Gasteiger partial charge in [-0.1, -0.05) is 19.6 Å². The maximum atomic E-state index is 12.9. The molecule has 0 aliphatic carbocycles. The van der Waals surface area contributed by atoms with Crippen molar-refractivity contribution in [2.75, 3.05) is 0 Å². The molecular formula is C10H11FO. The van der Waals surface area contributed by atoms with Crippen LogP contribution in [0.5, 0.6) is 0 Å². The quantitative estimate of drug-likeness (QED) is 0.670. The third kappa shape index (κ3) is 1.64. The van der Waals surface area contributed by atoms with Crippen molar-refractivity contribution in [2.45, 2.75) is 13.3 Å². The normalized spacial score (nSPS) is 9.83. The van der Waals surface area contributed by atoms with Crippen LogP contribution in [0, 0.1) is 5.82 Å². The molecule has 1 nitrogen and oxygen atoms in total. The van der Waals surface area contributed by atoms with Gasteiger partial charge in [-0.05, 0) is 24.1 Å². The number of aliphatic hydroxyl groups excluding tert-OH is 1. The van der Waals surface area contributed by atoms with Crippen molar-refractivity contribution in [3.8, 4) is 0 Å². The lowest BCUT2D eigenvalue weighted by atomic mass is 10.1. The minimum atomic E-state index is -0.431. The maximum absolute atomic E-state index is 12.9. The van der Waals surface area contributed by atoms with Gasteiger partial charge >= 0.3 is 0 Å². The summed E-state index contributed by atoms with van der Waals surface area (Å²) in [6, 6.07) is 4.65. The Morgan fingerprint density at radius 1 is 1.58 bits per heavy atom. The van der Waals surface area contributed by atoms with Crippen molar-refractivity contribution in [1.29, 1.82) is 0 Å². The highest BCUT2D eigenvalue weighted by atomic mass is 19.1. The van der Waals surface area contributed by atoms with Crippen molar-refractivity contribution >= 4 is 5.76 Å². The van der Waals surface area contributed by atoms with Gasteiger partial charge in [0, 0.05) is 0 Å². The van der Waals surface area contributed by atoms with Crippen molar-refractivity contribution in [1.82, 2.24) is 0 Å². The van der Waals surface area contributed by atoms with Crippen LogP contribution in [-0.4, -0.2) is 5.11 Å². The summed E-state index contributed by atoms with van der Waals surface area (Å²) in [5.41, 5.74) is 1.18. The van der Waals surface area contributed by atoms with Gasteiger partial charge in [-0.3, -0.25) is 0 Å². The van der Waals surface area contributed by atoms with Crippen LogP contribution in [-0.2, 0) is 6.42 Å². The largest absolute Gasteiger partial charge is 0.508 e. The molecule has 1 aromatic rings. The van der Waals surface area contributed by atoms with E-state index in [1.807, 2.05) is 6.92 Å². The maximum Gasteiger partial charge on any atom is 0.134 e. The lowest BCUT2D eigenvalue weighted by Gasteiger charge is -2.02. The van der Waals surface area contributed by atoms with E-state index in [0.29, 0.717) is 0 Å². The van der Waals surface area contributed by atoms with E-state index in [2.05, 4.69) is 6.58 Å². The number of rotatable bonds is 2. The van der Waals surface area contributed by atoms with Gasteiger partial charge in [0.2, 0.25) is 0 Å². The minimum Gasteiger partial charge on any atom is -0.508 e. The Balaban J connectivity index is 3.17. The summed E-state index contributed by atoms with van der Waals surface area (Å²) in [5.74, 6) is -0.650. The molecule has 1 rings (SSSR count). The second kappa shape index (κ2) is 3.39. The van der Waals surface area contributed by atoms with E-state index in [4.69, 9.17) is 5.11 Å². The average molecular weight is 166 g/mol. The van der Waals surface area contributed by atoms with Crippen molar-refractivity contribution < 1.29 is 9.50 Å². The summed E-state index contributed by atoms with van der Waals surface area (Å²) in [5, 5.41) is 8.99. The number of halogens is 1. The zero-order valence-electron chi connectivity index (χ0n) is 6.97. The molecule has 0 fully saturated rings. The second-order valence-corrected chi connectivity index (χ2v) is 2.61. The highest BCUT2D eigenvalue weighted by Crippen LogP contribution is 2.16. The Morgan fingerprint density at radius 2 is 2.25 bits per heavy atom. The van der Waals surface area contributed by atoms with Gasteiger partial charge in [0.1, 0.15) is 11.6 Å². The lowest BCUT2D eigenvalue weighted by Crippen LogP contribution is -1.90. The standard InChI is InChI=1S/C10H11FO/c1-3-8-4-5-10(11)9(6-8)7(2)12/h4-6,12H,2-3H2,1H3. The van der Waals surface area contributed by atoms with Crippen LogP contribution in [0.1, 0.15) is 18.1 Å². The minimum absolute atomic E-state index is 0.189. The van der Waals surface area contributed by atoms with E-state index < -0.39 is 5.82 Å². The molecule has 1 aromatic carbocycles. The van der Waals surface area contributed by atoms with E-state index in [1.54, 1.807) is 12.1 Å². The van der Waals surface area contributed by atoms with Gasteiger partial charge in [-0.25, -0.2) is 4.39 Å². The zero-order valence-corrected chi connectivity index (χ0v) is 6.97. The van der Waals surface area contributed by atoms with Gasteiger partial charge in [0.05, 0.1) is 5.56 Å². The van der Waals surface area contributed by atoms with E-state index in [-0.39, 0.29) is 11.3 Å². The molecular weight excluding hydrogens is 155 g/mol. The fourth-order valence-electron chi connectivity index (χ4n) is 1.01. The molecule has 0 saturated heterocycles. The van der Waals surface area contributed by atoms with E-state index in [9.17, 15) is 4.39 Å². The van der Waals surface area contributed by atoms with Crippen molar-refractivity contribution in [3.63, 3.8) is 0 Å². The first-order chi connectivity index (χ1) is 5.65. The Labute approximate surface area is 71.2 Å². The van der Waals surface area contributed by atoms with Crippen LogP contribution >= 0.6 is 0 Å². The zero-order chi connectivity index (χ0) is 9.14. The molecule has 0 unspecified atom stereocenters. The van der Waals surface area contributed by atoms with Crippen LogP contribution in [0.15, 0.2) is 24.8 Å². The molecule has 1 N–H and O–H groups in total. The molecule has 0 aliphatic heterocycles. The first kappa shape index (κ1) is 8.78. The first-order valence-electron chi connectivity index (χ1n) is 3.81. The molecule has 12 heavy (non-hydrogen) atoms. The predicted molar refractivity (Wildman–Crippen MR) is 47.4 cm³/mol. The molecule has 0 radical (unpaired) electrons. The number of hydrogen-bond donors (Lipinski definition) is 1. The summed E-state index contributed by atoms with van der Waals surface area (Å²) in [6.45, 7) is 5.25. The summed E-state index contributed by atoms with van der Waals surface area (Å²) in [4.78, 5) is 0. The average Bonchev–Trinajstić information content (AvgIpc) is 2.05. The molecule has 0 aromatic heterocycles. The van der Waals surface area contributed by atoms with Crippen LogP contribution in [0.4, 0.5) is 4.39 Å². The molecule has 0 aliphatic rings. The highest BCUT2D eigenvalue weighted by molar-refractivity contribution is 5.57. The molecule has 64 valence electrons. The number of hydrogen-bond acceptors (Lipinski definition) is 1. The van der Waals surface area contributed by atoms with Gasteiger partial charge < -0.3 is 5.11 Å². The Morgan fingerprint density at radius 3 is 2.75 bits per heavy atom. The first-order valence-corrected chi connectivity index (χ1v) is 3.81. The van der Waals surface area contributed by atoms with Crippen molar-refractivity contribution in [3.05, 3.63) is 41.7 Å². The summed E-state index contributed by atoms with van der Waals surface area (Å²) < 4.78 is 12.9. The van der Waals surface area contributed by atoms with Crippen LogP contribution < -0.4 is 0 Å². The summed E-state index contributed by atoms with van der Waals surface area (Å²) in [6.07, 6.45) is 0.820. The topological polar surface area (TPSA) is 20.2 Å².